The largest absolute Gasteiger partial charge is 0.370 e. The van der Waals surface area contributed by atoms with Crippen LogP contribution in [0.5, 0.6) is 0 Å². The molecule has 0 saturated carbocycles. The van der Waals surface area contributed by atoms with Crippen LogP contribution >= 0.6 is 11.6 Å². The van der Waals surface area contributed by atoms with Gasteiger partial charge in [0, 0.05) is 6.20 Å². The van der Waals surface area contributed by atoms with Crippen molar-refractivity contribution in [3.05, 3.63) is 37.5 Å². The second-order valence-corrected chi connectivity index (χ2v) is 2.29. The lowest BCUT2D eigenvalue weighted by molar-refractivity contribution is -0.389. The highest BCUT2D eigenvalue weighted by Gasteiger charge is 2.21. The Morgan fingerprint density at radius 3 is 2.67 bits per heavy atom. The molecule has 0 atom stereocenters. The number of rotatable bonds is 1. The summed E-state index contributed by atoms with van der Waals surface area (Å²) >= 11 is 5.18. The maximum absolute atomic E-state index is 12.7. The molecule has 0 spiro atoms. The Hall–Kier alpha value is -1.43. The summed E-state index contributed by atoms with van der Waals surface area (Å²) in [4.78, 5) is 21.5. The number of aromatic amines is 1. The molecule has 0 fully saturated rings. The van der Waals surface area contributed by atoms with Crippen LogP contribution in [0.1, 0.15) is 0 Å². The van der Waals surface area contributed by atoms with Gasteiger partial charge in [-0.2, -0.15) is 4.39 Å². The Balaban J connectivity index is 3.54. The van der Waals surface area contributed by atoms with E-state index >= 15 is 0 Å². The van der Waals surface area contributed by atoms with Crippen molar-refractivity contribution in [3.63, 3.8) is 0 Å². The van der Waals surface area contributed by atoms with E-state index in [-0.39, 0.29) is 0 Å². The van der Waals surface area contributed by atoms with Crippen molar-refractivity contribution >= 4 is 17.3 Å². The molecule has 0 aliphatic carbocycles. The molecule has 0 radical (unpaired) electrons. The lowest BCUT2D eigenvalue weighted by atomic mass is 10.4. The Bertz CT molecular complexity index is 389. The van der Waals surface area contributed by atoms with Gasteiger partial charge in [0.1, 0.15) is 0 Å². The summed E-state index contributed by atoms with van der Waals surface area (Å²) in [5, 5.41) is 9.60. The summed E-state index contributed by atoms with van der Waals surface area (Å²) in [5.41, 5.74) is -2.27. The van der Waals surface area contributed by atoms with Gasteiger partial charge in [-0.3, -0.25) is 14.9 Å². The van der Waals surface area contributed by atoms with Crippen molar-refractivity contribution in [2.24, 2.45) is 0 Å². The lowest BCUT2D eigenvalue weighted by Gasteiger charge is -1.93. The Morgan fingerprint density at radius 2 is 2.25 bits per heavy atom. The molecule has 1 heterocycles. The number of H-pyrrole nitrogens is 1. The highest BCUT2D eigenvalue weighted by Crippen LogP contribution is 2.18. The third kappa shape index (κ3) is 1.28. The van der Waals surface area contributed by atoms with Crippen molar-refractivity contribution < 1.29 is 9.31 Å². The van der Waals surface area contributed by atoms with Crippen LogP contribution in [0, 0.1) is 15.9 Å². The third-order valence-corrected chi connectivity index (χ3v) is 1.42. The van der Waals surface area contributed by atoms with Gasteiger partial charge in [-0.25, -0.2) is 0 Å². The van der Waals surface area contributed by atoms with E-state index in [0.29, 0.717) is 0 Å². The zero-order valence-electron chi connectivity index (χ0n) is 5.51. The zero-order chi connectivity index (χ0) is 9.30. The first-order valence-corrected chi connectivity index (χ1v) is 3.13. The number of pyridine rings is 1. The molecule has 0 amide bonds. The first-order chi connectivity index (χ1) is 5.54. The maximum Gasteiger partial charge on any atom is 0.370 e. The van der Waals surface area contributed by atoms with Crippen molar-refractivity contribution in [2.75, 3.05) is 0 Å². The molecule has 64 valence electrons. The Kier molecular flexibility index (Phi) is 2.09. The number of aromatic nitrogens is 1. The van der Waals surface area contributed by atoms with Crippen molar-refractivity contribution in [2.45, 2.75) is 0 Å². The minimum Gasteiger partial charge on any atom is -0.322 e. The molecular formula is C5H2ClFN2O3. The highest BCUT2D eigenvalue weighted by atomic mass is 35.5. The predicted octanol–water partition coefficient (Wildman–Crippen LogP) is 1.08. The minimum atomic E-state index is -1.31. The summed E-state index contributed by atoms with van der Waals surface area (Å²) in [5.74, 6) is -1.31. The standard InChI is InChI=1S/C5H2ClFN2O3/c6-2-1-8-5(10)4(3(2)7)9(11)12/h1H,(H,8,10). The summed E-state index contributed by atoms with van der Waals surface area (Å²) in [6.07, 6.45) is 0.853. The first-order valence-electron chi connectivity index (χ1n) is 2.75. The van der Waals surface area contributed by atoms with Gasteiger partial charge in [0.05, 0.1) is 9.95 Å². The summed E-state index contributed by atoms with van der Waals surface area (Å²) in [7, 11) is 0. The van der Waals surface area contributed by atoms with Crippen molar-refractivity contribution in [1.82, 2.24) is 4.98 Å². The highest BCUT2D eigenvalue weighted by molar-refractivity contribution is 6.30. The van der Waals surface area contributed by atoms with E-state index in [9.17, 15) is 19.3 Å². The van der Waals surface area contributed by atoms with E-state index in [1.54, 1.807) is 0 Å². The predicted molar refractivity (Wildman–Crippen MR) is 38.7 cm³/mol. The van der Waals surface area contributed by atoms with Gasteiger partial charge < -0.3 is 4.98 Å². The second-order valence-electron chi connectivity index (χ2n) is 1.89. The third-order valence-electron chi connectivity index (χ3n) is 1.15. The quantitative estimate of drug-likeness (QED) is 0.534. The lowest BCUT2D eigenvalue weighted by Crippen LogP contribution is -2.13. The summed E-state index contributed by atoms with van der Waals surface area (Å²) in [6.45, 7) is 0. The van der Waals surface area contributed by atoms with E-state index < -0.39 is 27.0 Å². The van der Waals surface area contributed by atoms with Crippen LogP contribution in [-0.2, 0) is 0 Å². The molecule has 0 unspecified atom stereocenters. The minimum absolute atomic E-state index is 0.485. The van der Waals surface area contributed by atoms with Crippen molar-refractivity contribution in [1.29, 1.82) is 0 Å². The fourth-order valence-corrected chi connectivity index (χ4v) is 0.781. The number of nitrogens with one attached hydrogen (secondary N) is 1. The van der Waals surface area contributed by atoms with Crippen LogP contribution < -0.4 is 5.56 Å². The van der Waals surface area contributed by atoms with Gasteiger partial charge in [0.15, 0.2) is 0 Å². The number of hydrogen-bond acceptors (Lipinski definition) is 3. The number of nitro groups is 1. The fourth-order valence-electron chi connectivity index (χ4n) is 0.636. The SMILES string of the molecule is O=c1[nH]cc(Cl)c(F)c1[N+](=O)[O-]. The van der Waals surface area contributed by atoms with Crippen LogP contribution in [0.4, 0.5) is 10.1 Å². The molecule has 0 aliphatic rings. The van der Waals surface area contributed by atoms with Crippen LogP contribution in [0.25, 0.3) is 0 Å². The molecule has 0 aliphatic heterocycles. The molecule has 0 aromatic carbocycles. The molecule has 7 heteroatoms. The normalized spacial score (nSPS) is 9.83. The number of nitrogens with zero attached hydrogens (tertiary/aromatic N) is 1. The molecule has 12 heavy (non-hydrogen) atoms. The van der Waals surface area contributed by atoms with Gasteiger partial charge in [-0.15, -0.1) is 0 Å². The fraction of sp³-hybridized carbons (Fsp3) is 0. The molecule has 1 rings (SSSR count). The topological polar surface area (TPSA) is 76.0 Å². The van der Waals surface area contributed by atoms with Crippen LogP contribution in [0.2, 0.25) is 5.02 Å². The molecular weight excluding hydrogens is 191 g/mol. The van der Waals surface area contributed by atoms with Gasteiger partial charge in [-0.1, -0.05) is 11.6 Å². The molecule has 5 nitrogen and oxygen atoms in total. The van der Waals surface area contributed by atoms with Crippen LogP contribution in [0.3, 0.4) is 0 Å². The average molecular weight is 193 g/mol. The van der Waals surface area contributed by atoms with Gasteiger partial charge in [-0.05, 0) is 0 Å². The number of halogens is 2. The van der Waals surface area contributed by atoms with E-state index in [4.69, 9.17) is 11.6 Å². The summed E-state index contributed by atoms with van der Waals surface area (Å²) < 4.78 is 12.7. The monoisotopic (exact) mass is 192 g/mol. The van der Waals surface area contributed by atoms with Crippen LogP contribution in [-0.4, -0.2) is 9.91 Å². The zero-order valence-corrected chi connectivity index (χ0v) is 6.26. The molecule has 1 aromatic rings. The number of hydrogen-bond donors (Lipinski definition) is 1. The maximum atomic E-state index is 12.7. The van der Waals surface area contributed by atoms with E-state index in [1.165, 1.54) is 0 Å². The summed E-state index contributed by atoms with van der Waals surface area (Å²) in [6, 6.07) is 0. The Labute approximate surface area is 69.9 Å². The first kappa shape index (κ1) is 8.66. The molecule has 1 aromatic heterocycles. The van der Waals surface area contributed by atoms with Gasteiger partial charge >= 0.3 is 11.2 Å². The van der Waals surface area contributed by atoms with Gasteiger partial charge in [0.2, 0.25) is 5.82 Å². The smallest absolute Gasteiger partial charge is 0.322 e. The van der Waals surface area contributed by atoms with E-state index in [1.807, 2.05) is 4.98 Å². The average Bonchev–Trinajstić information content (AvgIpc) is 1.97. The Morgan fingerprint density at radius 1 is 1.67 bits per heavy atom. The van der Waals surface area contributed by atoms with Gasteiger partial charge in [0.25, 0.3) is 0 Å². The van der Waals surface area contributed by atoms with Crippen molar-refractivity contribution in [3.8, 4) is 0 Å². The molecule has 0 saturated heterocycles. The van der Waals surface area contributed by atoms with E-state index in [2.05, 4.69) is 0 Å². The molecule has 0 bridgehead atoms. The van der Waals surface area contributed by atoms with E-state index in [0.717, 1.165) is 6.20 Å². The van der Waals surface area contributed by atoms with Crippen LogP contribution in [0.15, 0.2) is 11.0 Å². The molecule has 1 N–H and O–H groups in total. The second kappa shape index (κ2) is 2.90.